The van der Waals surface area contributed by atoms with Gasteiger partial charge in [-0.1, -0.05) is 6.07 Å². The predicted octanol–water partition coefficient (Wildman–Crippen LogP) is 3.50. The molecule has 1 aliphatic heterocycles. The van der Waals surface area contributed by atoms with Crippen LogP contribution in [-0.2, 0) is 9.59 Å². The van der Waals surface area contributed by atoms with Crippen LogP contribution >= 0.6 is 0 Å². The first kappa shape index (κ1) is 17.9. The third-order valence-corrected chi connectivity index (χ3v) is 4.86. The molecule has 1 heterocycles. The minimum Gasteiger partial charge on any atom is -0.326 e. The number of benzene rings is 2. The van der Waals surface area contributed by atoms with Crippen LogP contribution in [0.1, 0.15) is 34.8 Å². The van der Waals surface area contributed by atoms with Crippen LogP contribution in [0.2, 0.25) is 0 Å². The van der Waals surface area contributed by atoms with Crippen LogP contribution in [0.15, 0.2) is 42.5 Å². The van der Waals surface area contributed by atoms with Crippen molar-refractivity contribution in [3.8, 4) is 0 Å². The van der Waals surface area contributed by atoms with Gasteiger partial charge in [-0.3, -0.25) is 14.4 Å². The Labute approximate surface area is 153 Å². The zero-order valence-corrected chi connectivity index (χ0v) is 15.2. The van der Waals surface area contributed by atoms with Gasteiger partial charge in [-0.15, -0.1) is 0 Å². The first-order chi connectivity index (χ1) is 12.3. The number of anilines is 2. The van der Waals surface area contributed by atoms with Crippen LogP contribution in [0, 0.1) is 19.8 Å². The van der Waals surface area contributed by atoms with E-state index in [0.717, 1.165) is 11.3 Å². The Hall–Kier alpha value is -2.95. The monoisotopic (exact) mass is 350 g/mol. The predicted molar refractivity (Wildman–Crippen MR) is 101 cm³/mol. The van der Waals surface area contributed by atoms with Crippen LogP contribution in [0.5, 0.6) is 0 Å². The molecule has 1 saturated heterocycles. The highest BCUT2D eigenvalue weighted by molar-refractivity contribution is 6.03. The Morgan fingerprint density at radius 3 is 2.35 bits per heavy atom. The summed E-state index contributed by atoms with van der Waals surface area (Å²) in [7, 11) is 0. The molecule has 1 N–H and O–H groups in total. The van der Waals surface area contributed by atoms with Gasteiger partial charge in [0.15, 0.2) is 5.78 Å². The lowest BCUT2D eigenvalue weighted by atomic mass is 10.1. The lowest BCUT2D eigenvalue weighted by Crippen LogP contribution is -2.28. The van der Waals surface area contributed by atoms with E-state index in [1.807, 2.05) is 32.0 Å². The van der Waals surface area contributed by atoms with Crippen molar-refractivity contribution in [3.05, 3.63) is 59.2 Å². The molecule has 3 rings (SSSR count). The smallest absolute Gasteiger partial charge is 0.229 e. The molecule has 2 aromatic rings. The van der Waals surface area contributed by atoms with Crippen molar-refractivity contribution < 1.29 is 14.4 Å². The van der Waals surface area contributed by atoms with E-state index in [2.05, 4.69) is 5.32 Å². The summed E-state index contributed by atoms with van der Waals surface area (Å²) < 4.78 is 0. The molecule has 134 valence electrons. The van der Waals surface area contributed by atoms with E-state index in [1.165, 1.54) is 12.5 Å². The molecule has 0 spiro atoms. The molecular formula is C21H22N2O3. The van der Waals surface area contributed by atoms with Gasteiger partial charge >= 0.3 is 0 Å². The molecule has 26 heavy (non-hydrogen) atoms. The molecule has 5 heteroatoms. The zero-order chi connectivity index (χ0) is 18.8. The largest absolute Gasteiger partial charge is 0.326 e. The fourth-order valence-electron chi connectivity index (χ4n) is 3.06. The lowest BCUT2D eigenvalue weighted by Gasteiger charge is -2.18. The van der Waals surface area contributed by atoms with Gasteiger partial charge in [0.1, 0.15) is 0 Å². The first-order valence-corrected chi connectivity index (χ1v) is 8.64. The van der Waals surface area contributed by atoms with E-state index in [4.69, 9.17) is 0 Å². The molecular weight excluding hydrogens is 328 g/mol. The molecule has 0 unspecified atom stereocenters. The molecule has 1 fully saturated rings. The van der Waals surface area contributed by atoms with Crippen molar-refractivity contribution >= 4 is 29.0 Å². The molecule has 0 radical (unpaired) electrons. The number of amides is 2. The highest BCUT2D eigenvalue weighted by Crippen LogP contribution is 2.27. The minimum absolute atomic E-state index is 0.0201. The standard InChI is InChI=1S/C21H22N2O3/c1-13-4-9-19(10-14(13)2)23-12-17(11-20(23)25)21(26)22-18-7-5-16(6-8-18)15(3)24/h4-10,17H,11-12H2,1-3H3,(H,22,26)/t17-/m0/s1. The van der Waals surface area contributed by atoms with Gasteiger partial charge in [-0.25, -0.2) is 0 Å². The van der Waals surface area contributed by atoms with Crippen LogP contribution in [0.4, 0.5) is 11.4 Å². The van der Waals surface area contributed by atoms with E-state index < -0.39 is 5.92 Å². The highest BCUT2D eigenvalue weighted by atomic mass is 16.2. The van der Waals surface area contributed by atoms with E-state index in [0.29, 0.717) is 17.8 Å². The number of Topliss-reactive ketones (excluding diaryl/α,β-unsaturated/α-hetero) is 1. The lowest BCUT2D eigenvalue weighted by molar-refractivity contribution is -0.122. The Morgan fingerprint density at radius 1 is 1.04 bits per heavy atom. The number of aryl methyl sites for hydroxylation is 2. The summed E-state index contributed by atoms with van der Waals surface area (Å²) in [6.45, 7) is 5.91. The maximum Gasteiger partial charge on any atom is 0.229 e. The van der Waals surface area contributed by atoms with E-state index >= 15 is 0 Å². The van der Waals surface area contributed by atoms with Crippen LogP contribution in [-0.4, -0.2) is 24.1 Å². The van der Waals surface area contributed by atoms with Crippen molar-refractivity contribution in [1.82, 2.24) is 0 Å². The highest BCUT2D eigenvalue weighted by Gasteiger charge is 2.35. The molecule has 1 atom stereocenters. The summed E-state index contributed by atoms with van der Waals surface area (Å²) in [5, 5.41) is 2.83. The summed E-state index contributed by atoms with van der Waals surface area (Å²) in [4.78, 5) is 37.9. The number of hydrogen-bond acceptors (Lipinski definition) is 3. The fraction of sp³-hybridized carbons (Fsp3) is 0.286. The van der Waals surface area contributed by atoms with Gasteiger partial charge in [0.25, 0.3) is 0 Å². The molecule has 0 bridgehead atoms. The Balaban J connectivity index is 1.68. The van der Waals surface area contributed by atoms with Gasteiger partial charge < -0.3 is 10.2 Å². The summed E-state index contributed by atoms with van der Waals surface area (Å²) in [5.74, 6) is -0.634. The fourth-order valence-corrected chi connectivity index (χ4v) is 3.06. The second kappa shape index (κ2) is 7.12. The first-order valence-electron chi connectivity index (χ1n) is 8.64. The zero-order valence-electron chi connectivity index (χ0n) is 15.2. The van der Waals surface area contributed by atoms with Gasteiger partial charge in [-0.2, -0.15) is 0 Å². The molecule has 2 amide bonds. The number of hydrogen-bond donors (Lipinski definition) is 1. The maximum atomic E-state index is 12.5. The number of ketones is 1. The maximum absolute atomic E-state index is 12.5. The SMILES string of the molecule is CC(=O)c1ccc(NC(=O)[C@H]2CC(=O)N(c3ccc(C)c(C)c3)C2)cc1. The Bertz CT molecular complexity index is 871. The quantitative estimate of drug-likeness (QED) is 0.858. The van der Waals surface area contributed by atoms with E-state index in [1.54, 1.807) is 29.2 Å². The second-order valence-corrected chi connectivity index (χ2v) is 6.80. The Kier molecular flexibility index (Phi) is 4.89. The third-order valence-electron chi connectivity index (χ3n) is 4.86. The van der Waals surface area contributed by atoms with Gasteiger partial charge in [0, 0.05) is 29.9 Å². The summed E-state index contributed by atoms with van der Waals surface area (Å²) in [5.41, 5.74) is 4.34. The number of rotatable bonds is 4. The average Bonchev–Trinajstić information content (AvgIpc) is 3.00. The number of carbonyl (C=O) groups excluding carboxylic acids is 3. The number of nitrogens with one attached hydrogen (secondary N) is 1. The molecule has 2 aromatic carbocycles. The van der Waals surface area contributed by atoms with Crippen molar-refractivity contribution in [2.75, 3.05) is 16.8 Å². The topological polar surface area (TPSA) is 66.5 Å². The summed E-state index contributed by atoms with van der Waals surface area (Å²) in [6, 6.07) is 12.6. The van der Waals surface area contributed by atoms with E-state index in [-0.39, 0.29) is 24.0 Å². The third kappa shape index (κ3) is 3.67. The Morgan fingerprint density at radius 2 is 1.73 bits per heavy atom. The summed E-state index contributed by atoms with van der Waals surface area (Å²) >= 11 is 0. The van der Waals surface area contributed by atoms with Crippen molar-refractivity contribution in [1.29, 1.82) is 0 Å². The van der Waals surface area contributed by atoms with Crippen molar-refractivity contribution in [3.63, 3.8) is 0 Å². The van der Waals surface area contributed by atoms with Crippen molar-refractivity contribution in [2.24, 2.45) is 5.92 Å². The van der Waals surface area contributed by atoms with Gasteiger partial charge in [-0.05, 0) is 68.3 Å². The van der Waals surface area contributed by atoms with E-state index in [9.17, 15) is 14.4 Å². The molecule has 1 aliphatic rings. The molecule has 5 nitrogen and oxygen atoms in total. The van der Waals surface area contributed by atoms with Gasteiger partial charge in [0.05, 0.1) is 5.92 Å². The van der Waals surface area contributed by atoms with Crippen LogP contribution in [0.25, 0.3) is 0 Å². The van der Waals surface area contributed by atoms with Crippen molar-refractivity contribution in [2.45, 2.75) is 27.2 Å². The second-order valence-electron chi connectivity index (χ2n) is 6.80. The molecule has 0 aromatic heterocycles. The molecule has 0 saturated carbocycles. The van der Waals surface area contributed by atoms with Gasteiger partial charge in [0.2, 0.25) is 11.8 Å². The minimum atomic E-state index is -0.392. The van der Waals surface area contributed by atoms with Crippen LogP contribution < -0.4 is 10.2 Å². The number of carbonyl (C=O) groups is 3. The number of nitrogens with zero attached hydrogens (tertiary/aromatic N) is 1. The summed E-state index contributed by atoms with van der Waals surface area (Å²) in [6.07, 6.45) is 0.199. The van der Waals surface area contributed by atoms with Crippen LogP contribution in [0.3, 0.4) is 0 Å². The molecule has 0 aliphatic carbocycles. The average molecular weight is 350 g/mol. The normalized spacial score (nSPS) is 16.7.